The first-order valence-electron chi connectivity index (χ1n) is 9.90. The summed E-state index contributed by atoms with van der Waals surface area (Å²) in [5.41, 5.74) is 2.10. The van der Waals surface area contributed by atoms with Crippen molar-refractivity contribution in [1.82, 2.24) is 10.6 Å². The number of nitrogens with two attached hydrogens (primary N) is 1. The van der Waals surface area contributed by atoms with Crippen LogP contribution in [0.4, 0.5) is 4.79 Å². The number of nitrogens with one attached hydrogen (secondary N) is 2. The second kappa shape index (κ2) is 9.43. The van der Waals surface area contributed by atoms with E-state index >= 15 is 0 Å². The van der Waals surface area contributed by atoms with E-state index in [4.69, 9.17) is 9.15 Å². The molecule has 4 N–H and O–H groups in total. The molecule has 29 heavy (non-hydrogen) atoms. The zero-order valence-corrected chi connectivity index (χ0v) is 17.0. The van der Waals surface area contributed by atoms with Crippen LogP contribution >= 0.6 is 0 Å². The van der Waals surface area contributed by atoms with Gasteiger partial charge in [-0.25, -0.2) is 9.59 Å². The molecule has 0 fully saturated rings. The highest BCUT2D eigenvalue weighted by molar-refractivity contribution is 5.95. The van der Waals surface area contributed by atoms with Gasteiger partial charge in [-0.1, -0.05) is 44.2 Å². The lowest BCUT2D eigenvalue weighted by molar-refractivity contribution is -0.696. The molecular weight excluding hydrogens is 370 g/mol. The molecule has 7 nitrogen and oxygen atoms in total. The third-order valence-electron chi connectivity index (χ3n) is 4.96. The number of esters is 1. The maximum Gasteiger partial charge on any atom is 0.338 e. The van der Waals surface area contributed by atoms with Gasteiger partial charge in [0, 0.05) is 11.5 Å². The number of amides is 2. The Bertz CT molecular complexity index is 859. The summed E-state index contributed by atoms with van der Waals surface area (Å²) in [5.74, 6) is 0.386. The second-order valence-electron chi connectivity index (χ2n) is 7.28. The molecule has 1 aromatic carbocycles. The Morgan fingerprint density at radius 1 is 1.21 bits per heavy atom. The van der Waals surface area contributed by atoms with Gasteiger partial charge in [-0.05, 0) is 19.1 Å². The molecule has 154 valence electrons. The summed E-state index contributed by atoms with van der Waals surface area (Å²) in [6.45, 7) is 6.74. The maximum absolute atomic E-state index is 12.7. The van der Waals surface area contributed by atoms with E-state index in [1.165, 1.54) is 11.8 Å². The van der Waals surface area contributed by atoms with E-state index in [-0.39, 0.29) is 18.7 Å². The average molecular weight is 398 g/mol. The highest BCUT2D eigenvalue weighted by Gasteiger charge is 2.36. The van der Waals surface area contributed by atoms with Crippen LogP contribution in [-0.4, -0.2) is 25.2 Å². The quantitative estimate of drug-likeness (QED) is 0.595. The zero-order chi connectivity index (χ0) is 20.8. The van der Waals surface area contributed by atoms with E-state index < -0.39 is 12.0 Å². The number of rotatable bonds is 8. The fraction of sp³-hybridized carbons (Fsp3) is 0.364. The standard InChI is InChI=1S/C22H27N3O4/c1-4-28-21(26)18-16(24-22(27)25-20(18)17-11-8-12-29-17)13-23-19(14(2)3)15-9-6-5-7-10-15/h5-12,14,19-20,23H,4,13H2,1-3H3,(H2,24,25,27)/p+1/t19-,20-/m1/s1. The lowest BCUT2D eigenvalue weighted by Gasteiger charge is -2.28. The first-order valence-corrected chi connectivity index (χ1v) is 9.90. The molecule has 0 bridgehead atoms. The molecular formula is C22H28N3O4+. The van der Waals surface area contributed by atoms with Crippen molar-refractivity contribution < 1.29 is 24.1 Å². The predicted molar refractivity (Wildman–Crippen MR) is 108 cm³/mol. The summed E-state index contributed by atoms with van der Waals surface area (Å²) < 4.78 is 10.7. The molecule has 0 spiro atoms. The monoisotopic (exact) mass is 398 g/mol. The molecule has 3 rings (SSSR count). The number of carbonyl (C=O) groups excluding carboxylic acids is 2. The average Bonchev–Trinajstić information content (AvgIpc) is 3.23. The van der Waals surface area contributed by atoms with Crippen molar-refractivity contribution in [3.05, 3.63) is 71.3 Å². The van der Waals surface area contributed by atoms with Crippen molar-refractivity contribution in [3.8, 4) is 0 Å². The zero-order valence-electron chi connectivity index (χ0n) is 17.0. The molecule has 2 amide bonds. The van der Waals surface area contributed by atoms with E-state index in [1.807, 2.05) is 18.2 Å². The molecule has 1 aliphatic rings. The second-order valence-corrected chi connectivity index (χ2v) is 7.28. The molecule has 7 heteroatoms. The van der Waals surface area contributed by atoms with Crippen molar-refractivity contribution in [2.24, 2.45) is 5.92 Å². The topological polar surface area (TPSA) is 97.2 Å². The van der Waals surface area contributed by atoms with Gasteiger partial charge in [0.25, 0.3) is 0 Å². The summed E-state index contributed by atoms with van der Waals surface area (Å²) in [6, 6.07) is 12.8. The van der Waals surface area contributed by atoms with Crippen LogP contribution < -0.4 is 16.0 Å². The maximum atomic E-state index is 12.7. The molecule has 1 aromatic heterocycles. The van der Waals surface area contributed by atoms with Crippen molar-refractivity contribution in [2.75, 3.05) is 13.2 Å². The van der Waals surface area contributed by atoms with Gasteiger partial charge in [0.2, 0.25) is 0 Å². The number of urea groups is 1. The minimum atomic E-state index is -0.685. The van der Waals surface area contributed by atoms with Crippen LogP contribution in [0, 0.1) is 5.92 Å². The Balaban J connectivity index is 1.92. The lowest BCUT2D eigenvalue weighted by Crippen LogP contribution is -2.87. The summed E-state index contributed by atoms with van der Waals surface area (Å²) in [4.78, 5) is 25.0. The molecule has 2 aromatic rings. The molecule has 0 saturated carbocycles. The lowest BCUT2D eigenvalue weighted by atomic mass is 9.95. The highest BCUT2D eigenvalue weighted by atomic mass is 16.5. The number of carbonyl (C=O) groups is 2. The molecule has 2 atom stereocenters. The number of hydrogen-bond donors (Lipinski definition) is 3. The van der Waals surface area contributed by atoms with Crippen molar-refractivity contribution in [1.29, 1.82) is 0 Å². The van der Waals surface area contributed by atoms with Crippen LogP contribution in [-0.2, 0) is 9.53 Å². The summed E-state index contributed by atoms with van der Waals surface area (Å²) >= 11 is 0. The largest absolute Gasteiger partial charge is 0.467 e. The number of furan rings is 1. The van der Waals surface area contributed by atoms with Gasteiger partial charge >= 0.3 is 12.0 Å². The van der Waals surface area contributed by atoms with Gasteiger partial charge in [-0.3, -0.25) is 0 Å². The van der Waals surface area contributed by atoms with Crippen LogP contribution in [0.1, 0.15) is 44.2 Å². The third-order valence-corrected chi connectivity index (χ3v) is 4.96. The Labute approximate surface area is 170 Å². The Hall–Kier alpha value is -3.06. The Kier molecular flexibility index (Phi) is 6.72. The molecule has 1 aliphatic heterocycles. The molecule has 0 aliphatic carbocycles. The van der Waals surface area contributed by atoms with E-state index in [1.54, 1.807) is 19.1 Å². The van der Waals surface area contributed by atoms with Gasteiger partial charge in [0.05, 0.1) is 24.1 Å². The minimum Gasteiger partial charge on any atom is -0.467 e. The summed E-state index contributed by atoms with van der Waals surface area (Å²) in [7, 11) is 0. The number of benzene rings is 1. The summed E-state index contributed by atoms with van der Waals surface area (Å²) in [5, 5.41) is 7.70. The normalized spacial score (nSPS) is 17.7. The molecule has 0 unspecified atom stereocenters. The van der Waals surface area contributed by atoms with Gasteiger partial charge in [-0.15, -0.1) is 0 Å². The van der Waals surface area contributed by atoms with Crippen LogP contribution in [0.15, 0.2) is 64.4 Å². The van der Waals surface area contributed by atoms with Gasteiger partial charge in [0.15, 0.2) is 0 Å². The van der Waals surface area contributed by atoms with Crippen LogP contribution in [0.2, 0.25) is 0 Å². The van der Waals surface area contributed by atoms with E-state index in [2.05, 4.69) is 41.9 Å². The van der Waals surface area contributed by atoms with Gasteiger partial charge in [-0.2, -0.15) is 0 Å². The third kappa shape index (κ3) is 4.86. The van der Waals surface area contributed by atoms with Gasteiger partial charge < -0.3 is 25.1 Å². The first kappa shape index (κ1) is 20.7. The SMILES string of the molecule is CCOC(=O)C1=C(C[NH2+][C@@H](c2ccccc2)C(C)C)NC(=O)N[C@@H]1c1ccco1. The molecule has 2 heterocycles. The fourth-order valence-electron chi connectivity index (χ4n) is 3.61. The van der Waals surface area contributed by atoms with Crippen molar-refractivity contribution >= 4 is 12.0 Å². The van der Waals surface area contributed by atoms with E-state index in [0.717, 1.165) is 0 Å². The Morgan fingerprint density at radius 2 is 1.97 bits per heavy atom. The van der Waals surface area contributed by atoms with Crippen LogP contribution in [0.3, 0.4) is 0 Å². The smallest absolute Gasteiger partial charge is 0.338 e. The Morgan fingerprint density at radius 3 is 2.59 bits per heavy atom. The fourth-order valence-corrected chi connectivity index (χ4v) is 3.61. The van der Waals surface area contributed by atoms with Gasteiger partial charge in [0.1, 0.15) is 24.4 Å². The first-order chi connectivity index (χ1) is 14.0. The van der Waals surface area contributed by atoms with E-state index in [9.17, 15) is 9.59 Å². The minimum absolute atomic E-state index is 0.181. The van der Waals surface area contributed by atoms with Crippen LogP contribution in [0.5, 0.6) is 0 Å². The van der Waals surface area contributed by atoms with Crippen LogP contribution in [0.25, 0.3) is 0 Å². The number of hydrogen-bond acceptors (Lipinski definition) is 4. The number of quaternary nitrogens is 1. The highest BCUT2D eigenvalue weighted by Crippen LogP contribution is 2.28. The molecule has 0 radical (unpaired) electrons. The van der Waals surface area contributed by atoms with Crippen molar-refractivity contribution in [2.45, 2.75) is 32.9 Å². The molecule has 0 saturated heterocycles. The predicted octanol–water partition coefficient (Wildman–Crippen LogP) is 2.41. The van der Waals surface area contributed by atoms with Crippen molar-refractivity contribution in [3.63, 3.8) is 0 Å². The summed E-state index contributed by atoms with van der Waals surface area (Å²) in [6.07, 6.45) is 1.52. The number of ether oxygens (including phenoxy) is 1. The van der Waals surface area contributed by atoms with E-state index in [0.29, 0.717) is 29.5 Å².